The standard InChI is InChI=1S/C34H41FN2O5S/c1-3-4-5-12-19-42-32-22-30-33(21-27(32)25-17-18-29(35)28(20-25)34(38)39)43(40,41)36(2)31(24-13-8-6-9-14-24)23-37(30)26-15-10-7-11-16-26/h7,10-11,15-18,20-22,24,31H,3-6,8-9,12-14,19,23H2,1-2H3,(H,38,39)/t31-/m0/s1. The number of carbonyl (C=O) groups is 1. The van der Waals surface area contributed by atoms with Gasteiger partial charge in [-0.1, -0.05) is 69.7 Å². The SMILES string of the molecule is CCCCCCOc1cc2c(cc1-c1ccc(F)c(C(=O)O)c1)S(=O)(=O)N(C)[C@H](C1CCCCC1)CN2c1ccccc1. The van der Waals surface area contributed by atoms with Crippen molar-refractivity contribution in [2.24, 2.45) is 5.92 Å². The fraction of sp³-hybridized carbons (Fsp3) is 0.441. The number of benzene rings is 3. The Morgan fingerprint density at radius 1 is 1.00 bits per heavy atom. The summed E-state index contributed by atoms with van der Waals surface area (Å²) in [5.74, 6) is -1.58. The highest BCUT2D eigenvalue weighted by atomic mass is 32.2. The molecule has 9 heteroatoms. The van der Waals surface area contributed by atoms with Crippen LogP contribution in [0.5, 0.6) is 5.75 Å². The van der Waals surface area contributed by atoms with Crippen molar-refractivity contribution in [1.82, 2.24) is 4.31 Å². The molecule has 43 heavy (non-hydrogen) atoms. The van der Waals surface area contributed by atoms with Crippen LogP contribution in [-0.4, -0.2) is 50.0 Å². The summed E-state index contributed by atoms with van der Waals surface area (Å²) in [7, 11) is -2.29. The summed E-state index contributed by atoms with van der Waals surface area (Å²) >= 11 is 0. The number of halogens is 1. The van der Waals surface area contributed by atoms with E-state index in [1.54, 1.807) is 19.2 Å². The lowest BCUT2D eigenvalue weighted by molar-refractivity contribution is 0.0692. The maximum atomic E-state index is 14.4. The number of hydrogen-bond donors (Lipinski definition) is 1. The quantitative estimate of drug-likeness (QED) is 0.236. The van der Waals surface area contributed by atoms with Gasteiger partial charge in [-0.2, -0.15) is 4.31 Å². The third-order valence-electron chi connectivity index (χ3n) is 8.87. The number of anilines is 2. The van der Waals surface area contributed by atoms with Crippen LogP contribution in [-0.2, 0) is 10.0 Å². The molecule has 0 amide bonds. The number of likely N-dealkylation sites (N-methyl/N-ethyl adjacent to an activating group) is 1. The van der Waals surface area contributed by atoms with Crippen molar-refractivity contribution in [3.63, 3.8) is 0 Å². The molecule has 1 saturated carbocycles. The molecule has 0 spiro atoms. The molecule has 1 aliphatic heterocycles. The molecule has 0 aromatic heterocycles. The maximum Gasteiger partial charge on any atom is 0.338 e. The molecule has 1 heterocycles. The summed E-state index contributed by atoms with van der Waals surface area (Å²) in [5, 5.41) is 9.61. The van der Waals surface area contributed by atoms with Crippen molar-refractivity contribution in [2.75, 3.05) is 25.1 Å². The van der Waals surface area contributed by atoms with E-state index in [1.807, 2.05) is 30.3 Å². The van der Waals surface area contributed by atoms with E-state index in [2.05, 4.69) is 11.8 Å². The van der Waals surface area contributed by atoms with Crippen molar-refractivity contribution in [3.05, 3.63) is 72.0 Å². The Morgan fingerprint density at radius 3 is 2.44 bits per heavy atom. The third kappa shape index (κ3) is 6.58. The molecule has 230 valence electrons. The normalized spacial score (nSPS) is 19.0. The Hall–Kier alpha value is -3.43. The zero-order valence-corrected chi connectivity index (χ0v) is 25.8. The first-order valence-corrected chi connectivity index (χ1v) is 16.8. The van der Waals surface area contributed by atoms with Gasteiger partial charge in [0.15, 0.2) is 0 Å². The molecule has 0 unspecified atom stereocenters. The molecular formula is C34H41FN2O5S. The monoisotopic (exact) mass is 608 g/mol. The minimum absolute atomic E-state index is 0.117. The lowest BCUT2D eigenvalue weighted by atomic mass is 9.83. The topological polar surface area (TPSA) is 87.1 Å². The van der Waals surface area contributed by atoms with Gasteiger partial charge in [0, 0.05) is 37.0 Å². The van der Waals surface area contributed by atoms with E-state index >= 15 is 0 Å². The first-order chi connectivity index (χ1) is 20.7. The van der Waals surface area contributed by atoms with E-state index in [-0.39, 0.29) is 16.9 Å². The molecule has 0 bridgehead atoms. The Kier molecular flexibility index (Phi) is 9.72. The van der Waals surface area contributed by atoms with E-state index in [1.165, 1.54) is 22.9 Å². The number of unbranched alkanes of at least 4 members (excludes halogenated alkanes) is 3. The van der Waals surface area contributed by atoms with Crippen molar-refractivity contribution >= 4 is 27.4 Å². The Balaban J connectivity index is 1.70. The molecule has 0 saturated heterocycles. The number of nitrogens with zero attached hydrogens (tertiary/aromatic N) is 2. The fourth-order valence-electron chi connectivity index (χ4n) is 6.43. The van der Waals surface area contributed by atoms with Crippen LogP contribution < -0.4 is 9.64 Å². The molecule has 1 N–H and O–H groups in total. The molecule has 3 aromatic rings. The van der Waals surface area contributed by atoms with Gasteiger partial charge in [0.25, 0.3) is 0 Å². The second kappa shape index (κ2) is 13.5. The van der Waals surface area contributed by atoms with Gasteiger partial charge in [-0.15, -0.1) is 0 Å². The van der Waals surface area contributed by atoms with E-state index in [4.69, 9.17) is 4.74 Å². The van der Waals surface area contributed by atoms with Crippen LogP contribution in [0.4, 0.5) is 15.8 Å². The number of fused-ring (bicyclic) bond motifs is 1. The fourth-order valence-corrected chi connectivity index (χ4v) is 8.04. The van der Waals surface area contributed by atoms with Crippen molar-refractivity contribution in [3.8, 4) is 16.9 Å². The van der Waals surface area contributed by atoms with Crippen LogP contribution >= 0.6 is 0 Å². The average Bonchev–Trinajstić information content (AvgIpc) is 3.09. The molecule has 1 fully saturated rings. The van der Waals surface area contributed by atoms with Crippen LogP contribution in [0.1, 0.15) is 75.1 Å². The van der Waals surface area contributed by atoms with Crippen LogP contribution in [0.25, 0.3) is 11.1 Å². The van der Waals surface area contributed by atoms with Crippen LogP contribution in [0.15, 0.2) is 65.6 Å². The number of para-hydroxylation sites is 1. The molecule has 0 radical (unpaired) electrons. The molecule has 2 aliphatic rings. The van der Waals surface area contributed by atoms with Crippen molar-refractivity contribution in [1.29, 1.82) is 0 Å². The molecule has 5 rings (SSSR count). The minimum Gasteiger partial charge on any atom is -0.493 e. The first kappa shape index (κ1) is 31.0. The van der Waals surface area contributed by atoms with Gasteiger partial charge in [0.1, 0.15) is 16.5 Å². The number of carboxylic acids is 1. The molecule has 7 nitrogen and oxygen atoms in total. The summed E-state index contributed by atoms with van der Waals surface area (Å²) in [6.45, 7) is 3.05. The largest absolute Gasteiger partial charge is 0.493 e. The lowest BCUT2D eigenvalue weighted by Crippen LogP contribution is -2.46. The second-order valence-electron chi connectivity index (χ2n) is 11.7. The van der Waals surface area contributed by atoms with E-state index < -0.39 is 27.4 Å². The summed E-state index contributed by atoms with van der Waals surface area (Å²) in [4.78, 5) is 14.0. The minimum atomic E-state index is -3.97. The highest BCUT2D eigenvalue weighted by Gasteiger charge is 2.41. The van der Waals surface area contributed by atoms with Crippen LogP contribution in [0, 0.1) is 11.7 Å². The summed E-state index contributed by atoms with van der Waals surface area (Å²) < 4.78 is 51.1. The molecule has 1 atom stereocenters. The predicted octanol–water partition coefficient (Wildman–Crippen LogP) is 7.87. The molecule has 3 aromatic carbocycles. The number of aromatic carboxylic acids is 1. The van der Waals surface area contributed by atoms with Gasteiger partial charge in [-0.3, -0.25) is 0 Å². The Morgan fingerprint density at radius 2 is 1.74 bits per heavy atom. The van der Waals surface area contributed by atoms with E-state index in [0.29, 0.717) is 35.7 Å². The highest BCUT2D eigenvalue weighted by Crippen LogP contribution is 2.45. The Labute approximate surface area is 254 Å². The number of hydrogen-bond acceptors (Lipinski definition) is 5. The average molecular weight is 609 g/mol. The van der Waals surface area contributed by atoms with Gasteiger partial charge >= 0.3 is 5.97 Å². The van der Waals surface area contributed by atoms with Crippen LogP contribution in [0.3, 0.4) is 0 Å². The van der Waals surface area contributed by atoms with Gasteiger partial charge < -0.3 is 14.7 Å². The third-order valence-corrected chi connectivity index (χ3v) is 10.8. The zero-order chi connectivity index (χ0) is 30.6. The van der Waals surface area contributed by atoms with Gasteiger partial charge in [-0.25, -0.2) is 17.6 Å². The number of sulfonamides is 1. The zero-order valence-electron chi connectivity index (χ0n) is 25.0. The summed E-state index contributed by atoms with van der Waals surface area (Å²) in [6, 6.07) is 16.7. The van der Waals surface area contributed by atoms with E-state index in [0.717, 1.165) is 63.1 Å². The molecular weight excluding hydrogens is 567 g/mol. The highest BCUT2D eigenvalue weighted by molar-refractivity contribution is 7.89. The number of rotatable bonds is 10. The predicted molar refractivity (Wildman–Crippen MR) is 167 cm³/mol. The smallest absolute Gasteiger partial charge is 0.338 e. The molecule has 1 aliphatic carbocycles. The lowest BCUT2D eigenvalue weighted by Gasteiger charge is -2.36. The van der Waals surface area contributed by atoms with Crippen molar-refractivity contribution in [2.45, 2.75) is 75.6 Å². The number of ether oxygens (including phenoxy) is 1. The Bertz CT molecular complexity index is 1540. The van der Waals surface area contributed by atoms with Gasteiger partial charge in [0.05, 0.1) is 17.9 Å². The maximum absolute atomic E-state index is 14.4. The second-order valence-corrected chi connectivity index (χ2v) is 13.6. The van der Waals surface area contributed by atoms with Crippen LogP contribution in [0.2, 0.25) is 0 Å². The first-order valence-electron chi connectivity index (χ1n) is 15.4. The van der Waals surface area contributed by atoms with Crippen molar-refractivity contribution < 1.29 is 27.4 Å². The summed E-state index contributed by atoms with van der Waals surface area (Å²) in [6.07, 6.45) is 9.28. The van der Waals surface area contributed by atoms with Gasteiger partial charge in [-0.05, 0) is 61.1 Å². The van der Waals surface area contributed by atoms with E-state index in [9.17, 15) is 22.7 Å². The summed E-state index contributed by atoms with van der Waals surface area (Å²) in [5.41, 5.74) is 1.71. The number of carboxylic acid groups (broad SMARTS) is 1. The van der Waals surface area contributed by atoms with Gasteiger partial charge in [0.2, 0.25) is 10.0 Å².